The van der Waals surface area contributed by atoms with Gasteiger partial charge in [0, 0.05) is 6.42 Å². The van der Waals surface area contributed by atoms with Gasteiger partial charge in [0.05, 0.1) is 5.60 Å². The lowest BCUT2D eigenvalue weighted by Gasteiger charge is -2.58. The largest absolute Gasteiger partial charge is 0.390 e. The maximum Gasteiger partial charge on any atom is 0.155 e. The second-order valence-electron chi connectivity index (χ2n) is 9.24. The number of ketones is 1. The average molecular weight is 302 g/mol. The van der Waals surface area contributed by atoms with Crippen molar-refractivity contribution in [3.05, 3.63) is 11.6 Å². The minimum Gasteiger partial charge on any atom is -0.390 e. The average Bonchev–Trinajstić information content (AvgIpc) is 2.70. The Morgan fingerprint density at radius 2 is 1.73 bits per heavy atom. The van der Waals surface area contributed by atoms with Crippen LogP contribution in [0.2, 0.25) is 0 Å². The van der Waals surface area contributed by atoms with E-state index in [0.717, 1.165) is 43.9 Å². The lowest BCUT2D eigenvalue weighted by atomic mass is 9.46. The van der Waals surface area contributed by atoms with Crippen molar-refractivity contribution in [2.45, 2.75) is 77.7 Å². The Morgan fingerprint density at radius 3 is 2.50 bits per heavy atom. The molecule has 4 aliphatic rings. The van der Waals surface area contributed by atoms with Gasteiger partial charge in [-0.15, -0.1) is 0 Å². The molecule has 1 N–H and O–H groups in total. The van der Waals surface area contributed by atoms with Crippen molar-refractivity contribution in [1.82, 2.24) is 0 Å². The minimum atomic E-state index is -0.484. The third-order valence-corrected chi connectivity index (χ3v) is 8.52. The molecular formula is C20H30O2. The Kier molecular flexibility index (Phi) is 3.03. The number of carbonyl (C=O) groups is 1. The third kappa shape index (κ3) is 1.74. The first-order chi connectivity index (χ1) is 10.3. The number of hydrogen-bond acceptors (Lipinski definition) is 2. The van der Waals surface area contributed by atoms with E-state index in [1.807, 2.05) is 6.08 Å². The van der Waals surface area contributed by atoms with Crippen molar-refractivity contribution >= 4 is 5.78 Å². The van der Waals surface area contributed by atoms with Gasteiger partial charge < -0.3 is 5.11 Å². The molecule has 22 heavy (non-hydrogen) atoms. The van der Waals surface area contributed by atoms with Gasteiger partial charge in [0.25, 0.3) is 0 Å². The Bertz CT molecular complexity index is 546. The monoisotopic (exact) mass is 302 g/mol. The molecule has 0 heterocycles. The summed E-state index contributed by atoms with van der Waals surface area (Å²) < 4.78 is 0. The van der Waals surface area contributed by atoms with Crippen LogP contribution in [0.1, 0.15) is 72.1 Å². The summed E-state index contributed by atoms with van der Waals surface area (Å²) in [4.78, 5) is 11.8. The molecule has 0 amide bonds. The summed E-state index contributed by atoms with van der Waals surface area (Å²) in [7, 11) is 0. The molecular weight excluding hydrogens is 272 g/mol. The van der Waals surface area contributed by atoms with Crippen molar-refractivity contribution in [3.8, 4) is 0 Å². The van der Waals surface area contributed by atoms with Gasteiger partial charge in [0.1, 0.15) is 0 Å². The van der Waals surface area contributed by atoms with Crippen LogP contribution in [0.15, 0.2) is 11.6 Å². The fraction of sp³-hybridized carbons (Fsp3) is 0.850. The lowest BCUT2D eigenvalue weighted by Crippen LogP contribution is -2.53. The first-order valence-corrected chi connectivity index (χ1v) is 9.24. The van der Waals surface area contributed by atoms with Crippen LogP contribution in [0, 0.1) is 28.6 Å². The van der Waals surface area contributed by atoms with Crippen molar-refractivity contribution in [2.75, 3.05) is 0 Å². The van der Waals surface area contributed by atoms with Gasteiger partial charge in [-0.1, -0.05) is 19.4 Å². The predicted octanol–water partition coefficient (Wildman–Crippen LogP) is 4.27. The Balaban J connectivity index is 1.70. The maximum atomic E-state index is 11.8. The molecule has 0 spiro atoms. The molecule has 6 atom stereocenters. The summed E-state index contributed by atoms with van der Waals surface area (Å²) in [6, 6.07) is 0. The van der Waals surface area contributed by atoms with E-state index in [9.17, 15) is 9.90 Å². The smallest absolute Gasteiger partial charge is 0.155 e. The normalized spacial score (nSPS) is 54.3. The molecule has 2 nitrogen and oxygen atoms in total. The zero-order chi connectivity index (χ0) is 15.8. The Morgan fingerprint density at radius 1 is 1.00 bits per heavy atom. The molecule has 0 saturated heterocycles. The van der Waals surface area contributed by atoms with E-state index >= 15 is 0 Å². The van der Waals surface area contributed by atoms with E-state index in [4.69, 9.17) is 0 Å². The number of carbonyl (C=O) groups excluding carboxylic acids is 1. The molecule has 0 aromatic heterocycles. The van der Waals surface area contributed by atoms with Crippen molar-refractivity contribution in [3.63, 3.8) is 0 Å². The molecule has 4 aliphatic carbocycles. The van der Waals surface area contributed by atoms with Crippen molar-refractivity contribution < 1.29 is 9.90 Å². The molecule has 0 aliphatic heterocycles. The molecule has 122 valence electrons. The molecule has 4 rings (SSSR count). The van der Waals surface area contributed by atoms with Crippen LogP contribution in [0.25, 0.3) is 0 Å². The summed E-state index contributed by atoms with van der Waals surface area (Å²) in [5, 5.41) is 10.9. The summed E-state index contributed by atoms with van der Waals surface area (Å²) >= 11 is 0. The Hall–Kier alpha value is -0.630. The zero-order valence-corrected chi connectivity index (χ0v) is 14.3. The van der Waals surface area contributed by atoms with Crippen LogP contribution in [-0.4, -0.2) is 16.5 Å². The van der Waals surface area contributed by atoms with Crippen LogP contribution >= 0.6 is 0 Å². The number of fused-ring (bicyclic) bond motifs is 5. The quantitative estimate of drug-likeness (QED) is 0.725. The highest BCUT2D eigenvalue weighted by molar-refractivity contribution is 5.91. The number of rotatable bonds is 0. The molecule has 3 saturated carbocycles. The van der Waals surface area contributed by atoms with Crippen LogP contribution in [-0.2, 0) is 4.79 Å². The number of aliphatic hydroxyl groups is 1. The van der Waals surface area contributed by atoms with Gasteiger partial charge in [-0.3, -0.25) is 4.79 Å². The molecule has 0 unspecified atom stereocenters. The molecule has 2 heteroatoms. The highest BCUT2D eigenvalue weighted by Gasteiger charge is 2.62. The SMILES string of the molecule is C[C@]1(O)CC[C@@H]2[C@@H]3CCC4=CC(=O)CC[C@@]4(C)[C@H]3CC[C@]21C. The molecule has 0 radical (unpaired) electrons. The van der Waals surface area contributed by atoms with E-state index in [0.29, 0.717) is 11.7 Å². The van der Waals surface area contributed by atoms with Gasteiger partial charge >= 0.3 is 0 Å². The van der Waals surface area contributed by atoms with Crippen LogP contribution in [0.4, 0.5) is 0 Å². The second-order valence-corrected chi connectivity index (χ2v) is 9.24. The highest BCUT2D eigenvalue weighted by atomic mass is 16.3. The molecule has 0 aromatic carbocycles. The van der Waals surface area contributed by atoms with Crippen LogP contribution < -0.4 is 0 Å². The van der Waals surface area contributed by atoms with Crippen LogP contribution in [0.3, 0.4) is 0 Å². The third-order valence-electron chi connectivity index (χ3n) is 8.52. The van der Waals surface area contributed by atoms with E-state index in [1.165, 1.54) is 24.8 Å². The summed E-state index contributed by atoms with van der Waals surface area (Å²) in [6.45, 7) is 6.85. The topological polar surface area (TPSA) is 37.3 Å². The van der Waals surface area contributed by atoms with E-state index in [-0.39, 0.29) is 10.8 Å². The first kappa shape index (κ1) is 14.9. The summed E-state index contributed by atoms with van der Waals surface area (Å²) in [5.41, 5.74) is 1.32. The minimum absolute atomic E-state index is 0.107. The van der Waals surface area contributed by atoms with Crippen molar-refractivity contribution in [1.29, 1.82) is 0 Å². The first-order valence-electron chi connectivity index (χ1n) is 9.24. The van der Waals surface area contributed by atoms with E-state index in [1.54, 1.807) is 0 Å². The fourth-order valence-electron chi connectivity index (χ4n) is 6.80. The van der Waals surface area contributed by atoms with Gasteiger partial charge in [-0.25, -0.2) is 0 Å². The fourth-order valence-corrected chi connectivity index (χ4v) is 6.80. The standard InChI is InChI=1S/C20H30O2/c1-18-9-6-14(21)12-13(18)4-5-15-16(18)7-10-19(2)17(15)8-11-20(19,3)22/h12,15-17,22H,4-11H2,1-3H3/t15-,16+,17-,18-,19-,20+/m1/s1. The second kappa shape index (κ2) is 4.47. The molecule has 0 bridgehead atoms. The number of allylic oxidation sites excluding steroid dienone is 1. The number of hydrogen-bond donors (Lipinski definition) is 1. The van der Waals surface area contributed by atoms with E-state index in [2.05, 4.69) is 20.8 Å². The van der Waals surface area contributed by atoms with Crippen molar-refractivity contribution in [2.24, 2.45) is 28.6 Å². The maximum absolute atomic E-state index is 11.8. The van der Waals surface area contributed by atoms with Gasteiger partial charge in [0.15, 0.2) is 5.78 Å². The lowest BCUT2D eigenvalue weighted by molar-refractivity contribution is -0.124. The molecule has 0 aromatic rings. The highest BCUT2D eigenvalue weighted by Crippen LogP contribution is 2.67. The molecule has 3 fully saturated rings. The summed E-state index contributed by atoms with van der Waals surface area (Å²) in [5.74, 6) is 2.50. The van der Waals surface area contributed by atoms with E-state index < -0.39 is 5.60 Å². The van der Waals surface area contributed by atoms with Crippen LogP contribution in [0.5, 0.6) is 0 Å². The van der Waals surface area contributed by atoms with Gasteiger partial charge in [0.2, 0.25) is 0 Å². The summed E-state index contributed by atoms with van der Waals surface area (Å²) in [6.07, 6.45) is 10.7. The Labute approximate surface area is 134 Å². The van der Waals surface area contributed by atoms with Gasteiger partial charge in [-0.2, -0.15) is 0 Å². The zero-order valence-electron chi connectivity index (χ0n) is 14.3. The predicted molar refractivity (Wildman–Crippen MR) is 87.3 cm³/mol. The van der Waals surface area contributed by atoms with Gasteiger partial charge in [-0.05, 0) is 86.5 Å².